The second-order valence-electron chi connectivity index (χ2n) is 6.96. The van der Waals surface area contributed by atoms with Crippen molar-refractivity contribution >= 4 is 33.2 Å². The van der Waals surface area contributed by atoms with Crippen molar-refractivity contribution in [1.29, 1.82) is 0 Å². The Morgan fingerprint density at radius 1 is 0.967 bits per heavy atom. The first-order valence-corrected chi connectivity index (χ1v) is 8.59. The summed E-state index contributed by atoms with van der Waals surface area (Å²) < 4.78 is 91.5. The number of hydrogen-bond donors (Lipinski definition) is 3. The van der Waals surface area contributed by atoms with Gasteiger partial charge in [-0.25, -0.2) is 4.39 Å². The highest BCUT2D eigenvalue weighted by atomic mass is 19.4. The van der Waals surface area contributed by atoms with E-state index in [0.29, 0.717) is 0 Å². The number of rotatable bonds is 5. The van der Waals surface area contributed by atoms with Crippen LogP contribution in [0, 0.1) is 0 Å². The fourth-order valence-electron chi connectivity index (χ4n) is 2.41. The molecule has 3 N–H and O–H groups in total. The van der Waals surface area contributed by atoms with Gasteiger partial charge in [0.2, 0.25) is 11.9 Å². The molecule has 1 heterocycles. The smallest absolute Gasteiger partial charge is 0.387 e. The largest absolute Gasteiger partial charge is 0.408 e. The summed E-state index contributed by atoms with van der Waals surface area (Å²) in [5, 5.41) is 11.9. The van der Waals surface area contributed by atoms with Gasteiger partial charge in [0.1, 0.15) is 17.9 Å². The SMILES string of the molecule is [B]C1([B])CCC(c2nc(N[C@H](C)C(F)(F)F)nc(N[C@H](C)C(F)(F)F)n2)=C(F)C1O. The summed E-state index contributed by atoms with van der Waals surface area (Å²) in [7, 11) is 11.1. The molecule has 0 saturated carbocycles. The van der Waals surface area contributed by atoms with Crippen molar-refractivity contribution in [2.75, 3.05) is 10.6 Å². The topological polar surface area (TPSA) is 83.0 Å². The van der Waals surface area contributed by atoms with E-state index in [1.807, 2.05) is 10.6 Å². The summed E-state index contributed by atoms with van der Waals surface area (Å²) >= 11 is 0. The minimum atomic E-state index is -4.72. The number of allylic oxidation sites excluding steroid dienone is 1. The van der Waals surface area contributed by atoms with Crippen molar-refractivity contribution in [3.05, 3.63) is 11.7 Å². The molecule has 30 heavy (non-hydrogen) atoms. The Labute approximate surface area is 169 Å². The molecule has 1 unspecified atom stereocenters. The quantitative estimate of drug-likeness (QED) is 0.486. The van der Waals surface area contributed by atoms with Gasteiger partial charge in [0.25, 0.3) is 0 Å². The molecule has 0 saturated heterocycles. The van der Waals surface area contributed by atoms with Gasteiger partial charge < -0.3 is 15.7 Å². The van der Waals surface area contributed by atoms with Crippen molar-refractivity contribution in [2.45, 2.75) is 62.4 Å². The minimum absolute atomic E-state index is 0.147. The number of nitrogens with one attached hydrogen (secondary N) is 2. The van der Waals surface area contributed by atoms with Crippen molar-refractivity contribution in [1.82, 2.24) is 15.0 Å². The van der Waals surface area contributed by atoms with Crippen molar-refractivity contribution in [2.24, 2.45) is 0 Å². The molecule has 1 aromatic rings. The lowest BCUT2D eigenvalue weighted by atomic mass is 9.47. The molecule has 0 bridgehead atoms. The van der Waals surface area contributed by atoms with Gasteiger partial charge in [0.15, 0.2) is 5.82 Å². The van der Waals surface area contributed by atoms with E-state index in [2.05, 4.69) is 15.0 Å². The van der Waals surface area contributed by atoms with E-state index < -0.39 is 59.3 Å². The second kappa shape index (κ2) is 8.23. The summed E-state index contributed by atoms with van der Waals surface area (Å²) in [6, 6.07) is -4.34. The highest BCUT2D eigenvalue weighted by Crippen LogP contribution is 2.43. The Balaban J connectivity index is 2.50. The zero-order valence-electron chi connectivity index (χ0n) is 15.7. The first kappa shape index (κ1) is 24.2. The number of aromatic nitrogens is 3. The Bertz CT molecular complexity index is 775. The maximum atomic E-state index is 14.6. The van der Waals surface area contributed by atoms with Crippen LogP contribution in [-0.4, -0.2) is 66.3 Å². The van der Waals surface area contributed by atoms with E-state index in [1.165, 1.54) is 0 Å². The van der Waals surface area contributed by atoms with E-state index in [0.717, 1.165) is 13.8 Å². The summed E-state index contributed by atoms with van der Waals surface area (Å²) in [6.45, 7) is 1.46. The van der Waals surface area contributed by atoms with Crippen molar-refractivity contribution in [3.63, 3.8) is 0 Å². The molecule has 2 rings (SSSR count). The molecule has 1 aliphatic carbocycles. The van der Waals surface area contributed by atoms with Crippen LogP contribution in [0.4, 0.5) is 42.6 Å². The van der Waals surface area contributed by atoms with Crippen LogP contribution in [0.25, 0.3) is 5.57 Å². The van der Waals surface area contributed by atoms with Gasteiger partial charge in [-0.2, -0.15) is 41.3 Å². The van der Waals surface area contributed by atoms with E-state index in [-0.39, 0.29) is 18.4 Å². The third-order valence-corrected chi connectivity index (χ3v) is 4.42. The molecule has 0 aromatic carbocycles. The van der Waals surface area contributed by atoms with Crippen LogP contribution < -0.4 is 10.6 Å². The van der Waals surface area contributed by atoms with E-state index in [9.17, 15) is 35.8 Å². The lowest BCUT2D eigenvalue weighted by molar-refractivity contribution is -0.139. The summed E-state index contributed by atoms with van der Waals surface area (Å²) in [6.07, 6.45) is -11.8. The second-order valence-corrected chi connectivity index (χ2v) is 6.96. The Hall–Kier alpha value is -2.05. The average molecular weight is 437 g/mol. The van der Waals surface area contributed by atoms with E-state index in [1.54, 1.807) is 0 Å². The molecular weight excluding hydrogens is 421 g/mol. The molecule has 15 heteroatoms. The first-order valence-electron chi connectivity index (χ1n) is 8.59. The van der Waals surface area contributed by atoms with Gasteiger partial charge in [0, 0.05) is 5.57 Å². The predicted molar refractivity (Wildman–Crippen MR) is 95.6 cm³/mol. The van der Waals surface area contributed by atoms with Gasteiger partial charge >= 0.3 is 12.4 Å². The maximum absolute atomic E-state index is 14.6. The van der Waals surface area contributed by atoms with E-state index in [4.69, 9.17) is 15.7 Å². The number of aliphatic hydroxyl groups excluding tert-OH is 1. The third-order valence-electron chi connectivity index (χ3n) is 4.42. The van der Waals surface area contributed by atoms with Crippen LogP contribution in [0.15, 0.2) is 5.83 Å². The van der Waals surface area contributed by atoms with Crippen molar-refractivity contribution < 1.29 is 35.8 Å². The summed E-state index contributed by atoms with van der Waals surface area (Å²) in [5.74, 6) is -3.28. The molecule has 4 radical (unpaired) electrons. The van der Waals surface area contributed by atoms with Gasteiger partial charge in [-0.1, -0.05) is 11.6 Å². The third kappa shape index (κ3) is 5.55. The number of halogens is 7. The molecule has 1 aliphatic rings. The molecule has 0 amide bonds. The van der Waals surface area contributed by atoms with Crippen LogP contribution in [-0.2, 0) is 0 Å². The highest BCUT2D eigenvalue weighted by Gasteiger charge is 2.40. The number of nitrogens with zero attached hydrogens (tertiary/aromatic N) is 3. The lowest BCUT2D eigenvalue weighted by Gasteiger charge is -2.35. The van der Waals surface area contributed by atoms with Crippen LogP contribution in [0.1, 0.15) is 32.5 Å². The first-order chi connectivity index (χ1) is 13.5. The van der Waals surface area contributed by atoms with Crippen LogP contribution in [0.3, 0.4) is 0 Å². The Kier molecular flexibility index (Phi) is 6.65. The highest BCUT2D eigenvalue weighted by molar-refractivity contribution is 6.40. The summed E-state index contributed by atoms with van der Waals surface area (Å²) in [5.41, 5.74) is -0.359. The van der Waals surface area contributed by atoms with Gasteiger partial charge in [0.05, 0.1) is 21.8 Å². The number of aliphatic hydroxyl groups is 1. The molecule has 0 aliphatic heterocycles. The van der Waals surface area contributed by atoms with Crippen LogP contribution in [0.2, 0.25) is 5.21 Å². The van der Waals surface area contributed by atoms with Crippen molar-refractivity contribution in [3.8, 4) is 0 Å². The molecule has 0 spiro atoms. The normalized spacial score (nSPS) is 21.9. The zero-order chi connectivity index (χ0) is 23.1. The molecule has 6 nitrogen and oxygen atoms in total. The number of anilines is 2. The molecule has 162 valence electrons. The Morgan fingerprint density at radius 3 is 1.80 bits per heavy atom. The van der Waals surface area contributed by atoms with E-state index >= 15 is 0 Å². The average Bonchev–Trinajstić information content (AvgIpc) is 2.58. The van der Waals surface area contributed by atoms with Gasteiger partial charge in [-0.05, 0) is 20.3 Å². The lowest BCUT2D eigenvalue weighted by Crippen LogP contribution is -2.36. The van der Waals surface area contributed by atoms with Crippen LogP contribution >= 0.6 is 0 Å². The monoisotopic (exact) mass is 437 g/mol. The molecular formula is C15H16B2F7N5O. The fraction of sp³-hybridized carbons (Fsp3) is 0.667. The van der Waals surface area contributed by atoms with Gasteiger partial charge in [-0.15, -0.1) is 0 Å². The van der Waals surface area contributed by atoms with Crippen LogP contribution in [0.5, 0.6) is 0 Å². The number of alkyl halides is 6. The molecule has 1 aromatic heterocycles. The minimum Gasteiger partial charge on any atom is -0.387 e. The molecule has 3 atom stereocenters. The standard InChI is InChI=1S/C15H16B2F7N5O/c1-5(14(19,20)21)25-11-27-10(7-3-4-13(16,17)9(30)8(7)18)28-12(29-11)26-6(2)15(22,23)24/h5-6,9,30H,3-4H2,1-2H3,(H2,25,26,27,28,29)/t5-,6-,9?/m1/s1. The zero-order valence-corrected chi connectivity index (χ0v) is 15.7. The Morgan fingerprint density at radius 2 is 1.40 bits per heavy atom. The number of hydrogen-bond acceptors (Lipinski definition) is 6. The maximum Gasteiger partial charge on any atom is 0.408 e. The summed E-state index contributed by atoms with van der Waals surface area (Å²) in [4.78, 5) is 10.8. The molecule has 0 fully saturated rings. The fourth-order valence-corrected chi connectivity index (χ4v) is 2.41. The van der Waals surface area contributed by atoms with Gasteiger partial charge in [-0.3, -0.25) is 0 Å². The predicted octanol–water partition coefficient (Wildman–Crippen LogP) is 2.89.